The normalized spacial score (nSPS) is 11.6. The van der Waals surface area contributed by atoms with Crippen molar-refractivity contribution in [3.8, 4) is 11.1 Å². The van der Waals surface area contributed by atoms with Gasteiger partial charge in [0.05, 0.1) is 16.5 Å². The van der Waals surface area contributed by atoms with Gasteiger partial charge in [-0.2, -0.15) is 0 Å². The summed E-state index contributed by atoms with van der Waals surface area (Å²) in [5, 5.41) is 15.8. The van der Waals surface area contributed by atoms with Crippen molar-refractivity contribution >= 4 is 33.4 Å². The molecule has 1 aromatic heterocycles. The van der Waals surface area contributed by atoms with E-state index < -0.39 is 10.0 Å². The molecule has 0 amide bonds. The highest BCUT2D eigenvalue weighted by Crippen LogP contribution is 2.39. The van der Waals surface area contributed by atoms with E-state index in [1.165, 1.54) is 23.9 Å². The molecule has 0 saturated carbocycles. The minimum atomic E-state index is -3.75. The summed E-state index contributed by atoms with van der Waals surface area (Å²) in [5.74, 6) is 0. The van der Waals surface area contributed by atoms with E-state index in [0.717, 1.165) is 21.6 Å². The van der Waals surface area contributed by atoms with E-state index in [1.54, 1.807) is 36.5 Å². The van der Waals surface area contributed by atoms with Crippen LogP contribution in [0.3, 0.4) is 0 Å². The van der Waals surface area contributed by atoms with E-state index in [0.29, 0.717) is 15.6 Å². The van der Waals surface area contributed by atoms with Crippen LogP contribution in [-0.2, 0) is 23.2 Å². The average Bonchev–Trinajstić information content (AvgIpc) is 2.69. The zero-order chi connectivity index (χ0) is 20.3. The van der Waals surface area contributed by atoms with Crippen LogP contribution >= 0.6 is 23.4 Å². The van der Waals surface area contributed by atoms with Gasteiger partial charge in [-0.1, -0.05) is 41.6 Å². The molecule has 0 fully saturated rings. The summed E-state index contributed by atoms with van der Waals surface area (Å²) in [4.78, 5) is 5.12. The van der Waals surface area contributed by atoms with Crippen LogP contribution in [0.4, 0.5) is 0 Å². The van der Waals surface area contributed by atoms with E-state index in [1.807, 2.05) is 6.07 Å². The van der Waals surface area contributed by atoms with E-state index >= 15 is 0 Å². The molecule has 6 nitrogen and oxygen atoms in total. The summed E-state index contributed by atoms with van der Waals surface area (Å²) in [7, 11) is -3.75. The fourth-order valence-electron chi connectivity index (χ4n) is 2.65. The standard InChI is InChI=1S/C19H18ClN3O3S2/c20-17-9-14(12-3-5-16(6-4-12)28(22,25)26)8-15(10-21)18(17)27-19-13(11-24)2-1-7-23-19/h1-9,24H,10-11,21H2,(H2,22,25,26). The van der Waals surface area contributed by atoms with Crippen LogP contribution in [0.15, 0.2) is 69.5 Å². The second kappa shape index (κ2) is 8.60. The molecule has 3 aromatic rings. The van der Waals surface area contributed by atoms with E-state index in [4.69, 9.17) is 22.5 Å². The summed E-state index contributed by atoms with van der Waals surface area (Å²) in [6.45, 7) is 0.132. The molecule has 0 spiro atoms. The third kappa shape index (κ3) is 4.54. The lowest BCUT2D eigenvalue weighted by Gasteiger charge is -2.14. The Labute approximate surface area is 172 Å². The first-order valence-electron chi connectivity index (χ1n) is 8.22. The molecule has 1 heterocycles. The van der Waals surface area contributed by atoms with Crippen LogP contribution in [-0.4, -0.2) is 18.5 Å². The van der Waals surface area contributed by atoms with Crippen molar-refractivity contribution in [3.63, 3.8) is 0 Å². The fourth-order valence-corrected chi connectivity index (χ4v) is 4.52. The highest BCUT2D eigenvalue weighted by atomic mass is 35.5. The second-order valence-electron chi connectivity index (χ2n) is 5.95. The van der Waals surface area contributed by atoms with Gasteiger partial charge in [0.1, 0.15) is 5.03 Å². The maximum Gasteiger partial charge on any atom is 0.238 e. The van der Waals surface area contributed by atoms with Crippen molar-refractivity contribution in [3.05, 3.63) is 70.9 Å². The molecular formula is C19H18ClN3O3S2. The number of sulfonamides is 1. The van der Waals surface area contributed by atoms with Gasteiger partial charge in [0, 0.05) is 23.2 Å². The van der Waals surface area contributed by atoms with Gasteiger partial charge in [-0.05, 0) is 47.0 Å². The molecule has 9 heteroatoms. The van der Waals surface area contributed by atoms with Crippen LogP contribution in [0.1, 0.15) is 11.1 Å². The molecule has 0 unspecified atom stereocenters. The first-order valence-corrected chi connectivity index (χ1v) is 11.0. The number of primary sulfonamides is 1. The van der Waals surface area contributed by atoms with Crippen LogP contribution in [0, 0.1) is 0 Å². The fraction of sp³-hybridized carbons (Fsp3) is 0.105. The number of hydrogen-bond donors (Lipinski definition) is 3. The Morgan fingerprint density at radius 1 is 1.07 bits per heavy atom. The van der Waals surface area contributed by atoms with Gasteiger partial charge in [-0.25, -0.2) is 18.5 Å². The number of rotatable bonds is 6. The molecule has 0 aliphatic heterocycles. The van der Waals surface area contributed by atoms with Crippen molar-refractivity contribution < 1.29 is 13.5 Å². The largest absolute Gasteiger partial charge is 0.392 e. The van der Waals surface area contributed by atoms with Gasteiger partial charge in [0.2, 0.25) is 10.0 Å². The third-order valence-corrected chi connectivity index (χ3v) is 6.66. The van der Waals surface area contributed by atoms with Crippen molar-refractivity contribution in [2.75, 3.05) is 0 Å². The Morgan fingerprint density at radius 3 is 2.39 bits per heavy atom. The number of nitrogens with zero attached hydrogens (tertiary/aromatic N) is 1. The summed E-state index contributed by atoms with van der Waals surface area (Å²) in [5.41, 5.74) is 9.05. The Bertz CT molecular complexity index is 1100. The Kier molecular flexibility index (Phi) is 6.39. The van der Waals surface area contributed by atoms with Gasteiger partial charge in [0.15, 0.2) is 0 Å². The smallest absolute Gasteiger partial charge is 0.238 e. The Hall–Kier alpha value is -1.94. The number of halogens is 1. The summed E-state index contributed by atoms with van der Waals surface area (Å²) in [6, 6.07) is 13.5. The highest BCUT2D eigenvalue weighted by Gasteiger charge is 2.15. The predicted molar refractivity (Wildman–Crippen MR) is 110 cm³/mol. The number of benzene rings is 2. The second-order valence-corrected chi connectivity index (χ2v) is 8.92. The predicted octanol–water partition coefficient (Wildman–Crippen LogP) is 3.15. The van der Waals surface area contributed by atoms with Crippen LogP contribution < -0.4 is 10.9 Å². The molecule has 28 heavy (non-hydrogen) atoms. The minimum Gasteiger partial charge on any atom is -0.392 e. The van der Waals surface area contributed by atoms with Crippen LogP contribution in [0.2, 0.25) is 5.02 Å². The van der Waals surface area contributed by atoms with Crippen molar-refractivity contribution in [1.29, 1.82) is 0 Å². The van der Waals surface area contributed by atoms with Gasteiger partial charge < -0.3 is 10.8 Å². The third-order valence-electron chi connectivity index (χ3n) is 4.08. The topological polar surface area (TPSA) is 119 Å². The van der Waals surface area contributed by atoms with Crippen LogP contribution in [0.25, 0.3) is 11.1 Å². The molecule has 2 aromatic carbocycles. The average molecular weight is 436 g/mol. The maximum absolute atomic E-state index is 11.4. The first kappa shape index (κ1) is 20.8. The zero-order valence-electron chi connectivity index (χ0n) is 14.7. The molecule has 3 rings (SSSR count). The molecule has 0 radical (unpaired) electrons. The highest BCUT2D eigenvalue weighted by molar-refractivity contribution is 7.99. The van der Waals surface area contributed by atoms with Gasteiger partial charge in [-0.3, -0.25) is 0 Å². The Balaban J connectivity index is 2.00. The molecule has 0 aliphatic rings. The number of aliphatic hydroxyl groups is 1. The monoisotopic (exact) mass is 435 g/mol. The number of nitrogens with two attached hydrogens (primary N) is 2. The zero-order valence-corrected chi connectivity index (χ0v) is 17.1. The summed E-state index contributed by atoms with van der Waals surface area (Å²) < 4.78 is 22.8. The molecule has 146 valence electrons. The number of pyridine rings is 1. The van der Waals surface area contributed by atoms with Gasteiger partial charge >= 0.3 is 0 Å². The molecule has 0 saturated heterocycles. The maximum atomic E-state index is 11.4. The number of aliphatic hydroxyl groups excluding tert-OH is 1. The molecule has 0 bridgehead atoms. The van der Waals surface area contributed by atoms with Crippen molar-refractivity contribution in [2.24, 2.45) is 10.9 Å². The number of hydrogen-bond acceptors (Lipinski definition) is 6. The van der Waals surface area contributed by atoms with Crippen molar-refractivity contribution in [2.45, 2.75) is 28.0 Å². The van der Waals surface area contributed by atoms with Crippen molar-refractivity contribution in [1.82, 2.24) is 4.98 Å². The van der Waals surface area contributed by atoms with E-state index in [9.17, 15) is 13.5 Å². The molecule has 0 aliphatic carbocycles. The van der Waals surface area contributed by atoms with Gasteiger partial charge in [0.25, 0.3) is 0 Å². The quantitative estimate of drug-likeness (QED) is 0.547. The minimum absolute atomic E-state index is 0.0419. The SMILES string of the molecule is NCc1cc(-c2ccc(S(N)(=O)=O)cc2)cc(Cl)c1Sc1ncccc1CO. The van der Waals surface area contributed by atoms with Gasteiger partial charge in [-0.15, -0.1) is 0 Å². The lowest BCUT2D eigenvalue weighted by Crippen LogP contribution is -2.11. The first-order chi connectivity index (χ1) is 13.3. The van der Waals surface area contributed by atoms with E-state index in [-0.39, 0.29) is 18.0 Å². The summed E-state index contributed by atoms with van der Waals surface area (Å²) in [6.07, 6.45) is 1.65. The van der Waals surface area contributed by atoms with Crippen LogP contribution in [0.5, 0.6) is 0 Å². The van der Waals surface area contributed by atoms with E-state index in [2.05, 4.69) is 4.98 Å². The molecule has 5 N–H and O–H groups in total. The lowest BCUT2D eigenvalue weighted by atomic mass is 10.0. The number of aromatic nitrogens is 1. The Morgan fingerprint density at radius 2 is 1.79 bits per heavy atom. The lowest BCUT2D eigenvalue weighted by molar-refractivity contribution is 0.278. The molecule has 0 atom stereocenters. The summed E-state index contributed by atoms with van der Waals surface area (Å²) >= 11 is 7.88. The molecular weight excluding hydrogens is 418 g/mol.